The summed E-state index contributed by atoms with van der Waals surface area (Å²) in [5.74, 6) is -1.92. The van der Waals surface area contributed by atoms with Gasteiger partial charge in [-0.1, -0.05) is 18.2 Å². The minimum atomic E-state index is -4.63. The molecule has 10 heteroatoms. The normalized spacial score (nSPS) is 19.7. The van der Waals surface area contributed by atoms with Crippen LogP contribution in [-0.2, 0) is 22.8 Å². The van der Waals surface area contributed by atoms with Crippen LogP contribution in [0, 0.1) is 11.6 Å². The third kappa shape index (κ3) is 3.77. The maximum absolute atomic E-state index is 14.7. The molecule has 1 aromatic heterocycles. The topological polar surface area (TPSA) is 56.2 Å². The first kappa shape index (κ1) is 22.3. The van der Waals surface area contributed by atoms with Crippen molar-refractivity contribution in [2.24, 2.45) is 7.05 Å². The largest absolute Gasteiger partial charge is 0.435 e. The van der Waals surface area contributed by atoms with Gasteiger partial charge < -0.3 is 10.1 Å². The van der Waals surface area contributed by atoms with E-state index in [1.165, 1.54) is 37.4 Å². The average molecular weight is 475 g/mol. The first-order valence-electron chi connectivity index (χ1n) is 10.5. The van der Waals surface area contributed by atoms with Crippen LogP contribution < -0.4 is 5.32 Å². The number of carbonyl (C=O) groups is 1. The van der Waals surface area contributed by atoms with Crippen LogP contribution in [-0.4, -0.2) is 27.9 Å². The van der Waals surface area contributed by atoms with Gasteiger partial charge in [-0.15, -0.1) is 0 Å². The Morgan fingerprint density at radius 1 is 1.03 bits per heavy atom. The fourth-order valence-electron chi connectivity index (χ4n) is 4.53. The van der Waals surface area contributed by atoms with Crippen molar-refractivity contribution in [3.05, 3.63) is 77.1 Å². The van der Waals surface area contributed by atoms with Crippen molar-refractivity contribution in [2.75, 3.05) is 5.32 Å². The van der Waals surface area contributed by atoms with E-state index in [4.69, 9.17) is 4.74 Å². The van der Waals surface area contributed by atoms with Gasteiger partial charge in [-0.05, 0) is 43.2 Å². The highest BCUT2D eigenvalue weighted by molar-refractivity contribution is 6.11. The smallest absolute Gasteiger partial charge is 0.365 e. The van der Waals surface area contributed by atoms with Gasteiger partial charge in [0, 0.05) is 29.4 Å². The van der Waals surface area contributed by atoms with Gasteiger partial charge in [0.1, 0.15) is 11.6 Å². The third-order valence-electron chi connectivity index (χ3n) is 6.04. The zero-order valence-corrected chi connectivity index (χ0v) is 17.8. The maximum atomic E-state index is 14.7. The van der Waals surface area contributed by atoms with Gasteiger partial charge in [0.2, 0.25) is 0 Å². The van der Waals surface area contributed by atoms with E-state index >= 15 is 0 Å². The molecule has 1 saturated heterocycles. The van der Waals surface area contributed by atoms with Crippen molar-refractivity contribution in [2.45, 2.75) is 31.2 Å². The summed E-state index contributed by atoms with van der Waals surface area (Å²) in [6, 6.07) is 10.5. The number of benzene rings is 2. The van der Waals surface area contributed by atoms with Crippen LogP contribution in [0.15, 0.2) is 54.1 Å². The number of hydrogen-bond donors (Lipinski definition) is 1. The van der Waals surface area contributed by atoms with E-state index in [0.29, 0.717) is 18.4 Å². The van der Waals surface area contributed by atoms with Crippen LogP contribution in [0.5, 0.6) is 0 Å². The lowest BCUT2D eigenvalue weighted by molar-refractivity contribution is -0.141. The molecular weight excluding hydrogens is 457 g/mol. The second-order valence-electron chi connectivity index (χ2n) is 8.18. The molecule has 0 saturated carbocycles. The Bertz CT molecular complexity index is 1330. The van der Waals surface area contributed by atoms with E-state index in [1.54, 1.807) is 6.07 Å². The number of ether oxygens (including phenoxy) is 1. The summed E-state index contributed by atoms with van der Waals surface area (Å²) in [5.41, 5.74) is -0.126. The van der Waals surface area contributed by atoms with Crippen LogP contribution >= 0.6 is 0 Å². The van der Waals surface area contributed by atoms with Gasteiger partial charge in [0.25, 0.3) is 5.91 Å². The fraction of sp³-hybridized carbons (Fsp3) is 0.250. The van der Waals surface area contributed by atoms with E-state index in [2.05, 4.69) is 10.4 Å². The van der Waals surface area contributed by atoms with Crippen molar-refractivity contribution in [3.8, 4) is 11.1 Å². The molecule has 2 bridgehead atoms. The average Bonchev–Trinajstić information content (AvgIpc) is 3.48. The molecule has 0 radical (unpaired) electrons. The number of aromatic nitrogens is 2. The molecule has 5 nitrogen and oxygen atoms in total. The lowest BCUT2D eigenvalue weighted by Gasteiger charge is -2.17. The van der Waals surface area contributed by atoms with E-state index in [-0.39, 0.29) is 28.1 Å². The number of alkyl halides is 3. The Morgan fingerprint density at radius 3 is 2.41 bits per heavy atom. The van der Waals surface area contributed by atoms with Gasteiger partial charge in [0.05, 0.1) is 23.5 Å². The van der Waals surface area contributed by atoms with Gasteiger partial charge in [-0.2, -0.15) is 18.3 Å². The lowest BCUT2D eigenvalue weighted by Crippen LogP contribution is -2.23. The molecule has 2 aliphatic rings. The number of halogens is 5. The second kappa shape index (κ2) is 8.05. The Morgan fingerprint density at radius 2 is 1.74 bits per heavy atom. The zero-order valence-electron chi connectivity index (χ0n) is 17.8. The molecule has 3 aromatic rings. The fourth-order valence-corrected chi connectivity index (χ4v) is 4.53. The number of fused-ring (bicyclic) bond motifs is 2. The Hall–Kier alpha value is -3.53. The minimum absolute atomic E-state index is 0.0359. The summed E-state index contributed by atoms with van der Waals surface area (Å²) >= 11 is 0. The number of carbonyl (C=O) groups excluding carboxylic acids is 1. The number of nitrogens with one attached hydrogen (secondary N) is 1. The SMILES string of the molecule is Cn1nc(C(F)(F)F)cc1C1=C(C(=O)Nc2ccc(-c3ccccc3F)c(F)c2)[C@H]2CC[C@@H]1O2. The summed E-state index contributed by atoms with van der Waals surface area (Å²) in [5, 5.41) is 6.13. The molecule has 2 aromatic carbocycles. The van der Waals surface area contributed by atoms with Crippen LogP contribution in [0.25, 0.3) is 16.7 Å². The number of nitrogens with zero attached hydrogens (tertiary/aromatic N) is 2. The van der Waals surface area contributed by atoms with Crippen molar-refractivity contribution >= 4 is 17.2 Å². The summed E-state index contributed by atoms with van der Waals surface area (Å²) < 4.78 is 75.1. The molecule has 3 heterocycles. The minimum Gasteiger partial charge on any atom is -0.365 e. The van der Waals surface area contributed by atoms with Gasteiger partial charge in [-0.25, -0.2) is 8.78 Å². The molecule has 0 spiro atoms. The quantitative estimate of drug-likeness (QED) is 0.519. The maximum Gasteiger partial charge on any atom is 0.435 e. The van der Waals surface area contributed by atoms with E-state index < -0.39 is 41.6 Å². The van der Waals surface area contributed by atoms with Gasteiger partial charge in [0.15, 0.2) is 5.69 Å². The third-order valence-corrected chi connectivity index (χ3v) is 6.04. The monoisotopic (exact) mass is 475 g/mol. The van der Waals surface area contributed by atoms with Crippen molar-refractivity contribution in [1.82, 2.24) is 9.78 Å². The lowest BCUT2D eigenvalue weighted by atomic mass is 9.89. The highest BCUT2D eigenvalue weighted by Crippen LogP contribution is 2.45. The number of aryl methyl sites for hydroxylation is 1. The van der Waals surface area contributed by atoms with Crippen LogP contribution in [0.3, 0.4) is 0 Å². The number of amides is 1. The van der Waals surface area contributed by atoms with Gasteiger partial charge >= 0.3 is 6.18 Å². The molecular formula is C24H18F5N3O2. The van der Waals surface area contributed by atoms with Crippen molar-refractivity contribution < 1.29 is 31.5 Å². The second-order valence-corrected chi connectivity index (χ2v) is 8.18. The standard InChI is InChI=1S/C24H18F5N3O2/c1-32-17(11-20(31-32)24(27,28)29)21-18-8-9-19(34-18)22(21)23(33)30-12-6-7-14(16(26)10-12)13-4-2-3-5-15(13)25/h2-7,10-11,18-19H,8-9H2,1H3,(H,30,33)/t18-,19+/m0/s1. The zero-order chi connectivity index (χ0) is 24.2. The summed E-state index contributed by atoms with van der Waals surface area (Å²) in [7, 11) is 1.37. The first-order valence-corrected chi connectivity index (χ1v) is 10.5. The van der Waals surface area contributed by atoms with E-state index in [1.807, 2.05) is 0 Å². The van der Waals surface area contributed by atoms with E-state index in [9.17, 15) is 26.7 Å². The van der Waals surface area contributed by atoms with E-state index in [0.717, 1.165) is 16.8 Å². The number of anilines is 1. The molecule has 0 aliphatic carbocycles. The molecule has 5 rings (SSSR count). The van der Waals surface area contributed by atoms with Crippen molar-refractivity contribution in [1.29, 1.82) is 0 Å². The van der Waals surface area contributed by atoms with Crippen LogP contribution in [0.1, 0.15) is 24.2 Å². The molecule has 2 aliphatic heterocycles. The summed E-state index contributed by atoms with van der Waals surface area (Å²) in [4.78, 5) is 13.1. The van der Waals surface area contributed by atoms with Crippen molar-refractivity contribution in [3.63, 3.8) is 0 Å². The predicted molar refractivity (Wildman–Crippen MR) is 113 cm³/mol. The number of rotatable bonds is 4. The molecule has 176 valence electrons. The summed E-state index contributed by atoms with van der Waals surface area (Å²) in [6.45, 7) is 0. The molecule has 0 unspecified atom stereocenters. The van der Waals surface area contributed by atoms with Crippen LogP contribution in [0.4, 0.5) is 27.6 Å². The Kier molecular flexibility index (Phi) is 5.27. The van der Waals surface area contributed by atoms with Gasteiger partial charge in [-0.3, -0.25) is 9.48 Å². The first-order chi connectivity index (χ1) is 16.1. The molecule has 1 fully saturated rings. The number of hydrogen-bond acceptors (Lipinski definition) is 3. The summed E-state index contributed by atoms with van der Waals surface area (Å²) in [6.07, 6.45) is -4.62. The molecule has 1 amide bonds. The highest BCUT2D eigenvalue weighted by Gasteiger charge is 2.45. The highest BCUT2D eigenvalue weighted by atomic mass is 19.4. The Balaban J connectivity index is 1.47. The molecule has 34 heavy (non-hydrogen) atoms. The molecule has 2 atom stereocenters. The molecule has 1 N–H and O–H groups in total. The van der Waals surface area contributed by atoms with Crippen LogP contribution in [0.2, 0.25) is 0 Å². The predicted octanol–water partition coefficient (Wildman–Crippen LogP) is 5.34. The Labute approximate surface area is 190 Å².